The zero-order valence-electron chi connectivity index (χ0n) is 13.4. The van der Waals surface area contributed by atoms with Gasteiger partial charge < -0.3 is 10.4 Å². The Morgan fingerprint density at radius 2 is 1.84 bits per heavy atom. The lowest BCUT2D eigenvalue weighted by Crippen LogP contribution is -2.30. The molecule has 130 valence electrons. The molecule has 5 nitrogen and oxygen atoms in total. The monoisotopic (exact) mass is 344 g/mol. The Balaban J connectivity index is 1.70. The van der Waals surface area contributed by atoms with E-state index in [2.05, 4.69) is 15.4 Å². The van der Waals surface area contributed by atoms with Crippen LogP contribution in [0.5, 0.6) is 0 Å². The summed E-state index contributed by atoms with van der Waals surface area (Å²) in [5, 5.41) is 17.6. The number of halogens is 2. The lowest BCUT2D eigenvalue weighted by Gasteiger charge is -2.21. The van der Waals surface area contributed by atoms with Crippen LogP contribution in [0.3, 0.4) is 0 Å². The van der Waals surface area contributed by atoms with E-state index < -0.39 is 17.7 Å². The normalized spacial score (nSPS) is 13.6. The van der Waals surface area contributed by atoms with Gasteiger partial charge in [-0.1, -0.05) is 36.4 Å². The average molecular weight is 344 g/mol. The summed E-state index contributed by atoms with van der Waals surface area (Å²) in [6.07, 6.45) is 2.11. The second-order valence-electron chi connectivity index (χ2n) is 5.68. The molecule has 0 aliphatic carbocycles. The number of hydrogen-bond acceptors (Lipinski definition) is 4. The van der Waals surface area contributed by atoms with Crippen LogP contribution in [0, 0.1) is 11.6 Å². The van der Waals surface area contributed by atoms with Crippen molar-refractivity contribution < 1.29 is 13.9 Å². The smallest absolute Gasteiger partial charge is 0.159 e. The minimum Gasteiger partial charge on any atom is -0.387 e. The van der Waals surface area contributed by atoms with Crippen LogP contribution in [-0.4, -0.2) is 26.4 Å². The molecule has 1 aromatic heterocycles. The first-order valence-corrected chi connectivity index (χ1v) is 7.87. The van der Waals surface area contributed by atoms with Gasteiger partial charge in [-0.15, -0.1) is 0 Å². The van der Waals surface area contributed by atoms with Crippen molar-refractivity contribution in [3.8, 4) is 0 Å². The summed E-state index contributed by atoms with van der Waals surface area (Å²) in [5.41, 5.74) is 1.34. The van der Waals surface area contributed by atoms with Crippen molar-refractivity contribution in [3.05, 3.63) is 83.9 Å². The van der Waals surface area contributed by atoms with E-state index >= 15 is 0 Å². The summed E-state index contributed by atoms with van der Waals surface area (Å²) in [6, 6.07) is 13.0. The van der Waals surface area contributed by atoms with E-state index in [-0.39, 0.29) is 12.6 Å². The van der Waals surface area contributed by atoms with Crippen molar-refractivity contribution in [3.63, 3.8) is 0 Å². The molecule has 0 spiro atoms. The van der Waals surface area contributed by atoms with Crippen molar-refractivity contribution in [2.24, 2.45) is 0 Å². The van der Waals surface area contributed by atoms with Crippen molar-refractivity contribution in [1.29, 1.82) is 0 Å². The lowest BCUT2D eigenvalue weighted by molar-refractivity contribution is 0.167. The molecule has 3 rings (SSSR count). The number of hydrogen-bond donors (Lipinski definition) is 2. The lowest BCUT2D eigenvalue weighted by atomic mass is 10.1. The molecular formula is C18H18F2N4O. The molecule has 0 fully saturated rings. The maximum Gasteiger partial charge on any atom is 0.159 e. The minimum absolute atomic E-state index is 0.122. The van der Waals surface area contributed by atoms with Crippen LogP contribution in [0.4, 0.5) is 8.78 Å². The summed E-state index contributed by atoms with van der Waals surface area (Å²) in [4.78, 5) is 3.93. The van der Waals surface area contributed by atoms with E-state index in [1.807, 2.05) is 30.3 Å². The average Bonchev–Trinajstić information content (AvgIpc) is 3.14. The van der Waals surface area contributed by atoms with Crippen LogP contribution in [-0.2, 0) is 6.54 Å². The summed E-state index contributed by atoms with van der Waals surface area (Å²) in [5.74, 6) is -1.91. The predicted octanol–water partition coefficient (Wildman–Crippen LogP) is 2.62. The van der Waals surface area contributed by atoms with Crippen molar-refractivity contribution >= 4 is 0 Å². The van der Waals surface area contributed by atoms with Crippen molar-refractivity contribution in [2.75, 3.05) is 6.54 Å². The number of nitrogens with zero attached hydrogens (tertiary/aromatic N) is 3. The van der Waals surface area contributed by atoms with Crippen LogP contribution >= 0.6 is 0 Å². The van der Waals surface area contributed by atoms with Crippen molar-refractivity contribution in [1.82, 2.24) is 20.1 Å². The van der Waals surface area contributed by atoms with Gasteiger partial charge in [-0.2, -0.15) is 5.10 Å². The molecule has 0 saturated carbocycles. The molecular weight excluding hydrogens is 326 g/mol. The highest BCUT2D eigenvalue weighted by Crippen LogP contribution is 2.19. The van der Waals surface area contributed by atoms with Gasteiger partial charge in [0.25, 0.3) is 0 Å². The second-order valence-corrected chi connectivity index (χ2v) is 5.68. The molecule has 2 atom stereocenters. The molecule has 25 heavy (non-hydrogen) atoms. The van der Waals surface area contributed by atoms with E-state index in [1.165, 1.54) is 12.4 Å². The Kier molecular flexibility index (Phi) is 5.47. The van der Waals surface area contributed by atoms with Gasteiger partial charge >= 0.3 is 0 Å². The van der Waals surface area contributed by atoms with E-state index in [0.29, 0.717) is 12.1 Å². The second kappa shape index (κ2) is 7.96. The third-order valence-corrected chi connectivity index (χ3v) is 3.92. The first-order chi connectivity index (χ1) is 12.1. The highest BCUT2D eigenvalue weighted by atomic mass is 19.2. The number of nitrogens with one attached hydrogen (secondary N) is 1. The summed E-state index contributed by atoms with van der Waals surface area (Å²) in [7, 11) is 0. The first-order valence-electron chi connectivity index (χ1n) is 7.87. The van der Waals surface area contributed by atoms with Gasteiger partial charge in [0.1, 0.15) is 12.7 Å². The highest BCUT2D eigenvalue weighted by molar-refractivity contribution is 5.21. The fourth-order valence-electron chi connectivity index (χ4n) is 2.58. The molecule has 7 heteroatoms. The Morgan fingerprint density at radius 3 is 2.52 bits per heavy atom. The van der Waals surface area contributed by atoms with Crippen molar-refractivity contribution in [2.45, 2.75) is 18.7 Å². The third kappa shape index (κ3) is 4.46. The summed E-state index contributed by atoms with van der Waals surface area (Å²) >= 11 is 0. The molecule has 0 bridgehead atoms. The number of aromatic nitrogens is 3. The standard InChI is InChI=1S/C18H18F2N4O/c19-15-7-6-14(8-16(15)20)18(25)9-22-17(10-24-12-21-11-23-24)13-4-2-1-3-5-13/h1-8,11-12,17-18,22,25H,9-10H2. The third-order valence-electron chi connectivity index (χ3n) is 3.92. The zero-order chi connectivity index (χ0) is 17.6. The van der Waals surface area contributed by atoms with Gasteiger partial charge in [0.05, 0.1) is 18.7 Å². The number of aliphatic hydroxyl groups excluding tert-OH is 1. The summed E-state index contributed by atoms with van der Waals surface area (Å²) in [6.45, 7) is 0.702. The molecule has 0 amide bonds. The molecule has 2 N–H and O–H groups in total. The van der Waals surface area contributed by atoms with Gasteiger partial charge in [-0.3, -0.25) is 4.68 Å². The van der Waals surface area contributed by atoms with Gasteiger partial charge in [-0.25, -0.2) is 13.8 Å². The Hall–Kier alpha value is -2.64. The molecule has 2 unspecified atom stereocenters. The van der Waals surface area contributed by atoms with Gasteiger partial charge in [0.2, 0.25) is 0 Å². The molecule has 0 aliphatic rings. The van der Waals surface area contributed by atoms with Crippen LogP contribution in [0.15, 0.2) is 61.2 Å². The van der Waals surface area contributed by atoms with E-state index in [4.69, 9.17) is 0 Å². The van der Waals surface area contributed by atoms with E-state index in [1.54, 1.807) is 11.0 Å². The molecule has 2 aromatic carbocycles. The first kappa shape index (κ1) is 17.2. The maximum absolute atomic E-state index is 13.3. The molecule has 1 heterocycles. The van der Waals surface area contributed by atoms with Gasteiger partial charge in [-0.05, 0) is 23.3 Å². The number of rotatable bonds is 7. The van der Waals surface area contributed by atoms with Gasteiger partial charge in [0.15, 0.2) is 11.6 Å². The van der Waals surface area contributed by atoms with E-state index in [9.17, 15) is 13.9 Å². The fraction of sp³-hybridized carbons (Fsp3) is 0.222. The minimum atomic E-state index is -0.973. The maximum atomic E-state index is 13.3. The number of aliphatic hydroxyl groups is 1. The molecule has 3 aromatic rings. The topological polar surface area (TPSA) is 63.0 Å². The SMILES string of the molecule is OC(CNC(Cn1cncn1)c1ccccc1)c1ccc(F)c(F)c1. The molecule has 0 saturated heterocycles. The Morgan fingerprint density at radius 1 is 1.04 bits per heavy atom. The number of benzene rings is 2. The van der Waals surface area contributed by atoms with Gasteiger partial charge in [0, 0.05) is 6.54 Å². The quantitative estimate of drug-likeness (QED) is 0.692. The predicted molar refractivity (Wildman–Crippen MR) is 88.5 cm³/mol. The van der Waals surface area contributed by atoms with Crippen LogP contribution < -0.4 is 5.32 Å². The van der Waals surface area contributed by atoms with E-state index in [0.717, 1.165) is 17.7 Å². The largest absolute Gasteiger partial charge is 0.387 e. The van der Waals surface area contributed by atoms with Crippen LogP contribution in [0.2, 0.25) is 0 Å². The molecule has 0 aliphatic heterocycles. The van der Waals surface area contributed by atoms with Crippen LogP contribution in [0.25, 0.3) is 0 Å². The Labute approximate surface area is 144 Å². The van der Waals surface area contributed by atoms with Crippen LogP contribution in [0.1, 0.15) is 23.3 Å². The fourth-order valence-corrected chi connectivity index (χ4v) is 2.58. The molecule has 0 radical (unpaired) electrons. The zero-order valence-corrected chi connectivity index (χ0v) is 13.4. The summed E-state index contributed by atoms with van der Waals surface area (Å²) < 4.78 is 28.0. The Bertz CT molecular complexity index is 796. The highest BCUT2D eigenvalue weighted by Gasteiger charge is 2.16.